The molecule has 100 valence electrons. The molecule has 1 aromatic carbocycles. The minimum Gasteiger partial charge on any atom is -0.398 e. The highest BCUT2D eigenvalue weighted by Crippen LogP contribution is 2.21. The Morgan fingerprint density at radius 3 is 2.89 bits per heavy atom. The van der Waals surface area contributed by atoms with Crippen LogP contribution in [0, 0.1) is 6.92 Å². The van der Waals surface area contributed by atoms with Crippen molar-refractivity contribution in [3.63, 3.8) is 0 Å². The molecule has 0 aromatic heterocycles. The van der Waals surface area contributed by atoms with Crippen molar-refractivity contribution in [2.75, 3.05) is 16.8 Å². The van der Waals surface area contributed by atoms with Gasteiger partial charge in [-0.05, 0) is 31.0 Å². The van der Waals surface area contributed by atoms with Crippen LogP contribution >= 0.6 is 11.8 Å². The molecule has 18 heavy (non-hydrogen) atoms. The van der Waals surface area contributed by atoms with Crippen LogP contribution in [-0.4, -0.2) is 16.9 Å². The zero-order valence-electron chi connectivity index (χ0n) is 11.3. The maximum atomic E-state index is 11.8. The van der Waals surface area contributed by atoms with Crippen molar-refractivity contribution in [2.24, 2.45) is 0 Å². The summed E-state index contributed by atoms with van der Waals surface area (Å²) in [6, 6.07) is 5.57. The number of benzene rings is 1. The van der Waals surface area contributed by atoms with Gasteiger partial charge in [0.25, 0.3) is 0 Å². The topological polar surface area (TPSA) is 55.1 Å². The Bertz CT molecular complexity index is 407. The second-order valence-electron chi connectivity index (χ2n) is 4.41. The van der Waals surface area contributed by atoms with Crippen molar-refractivity contribution < 1.29 is 4.79 Å². The van der Waals surface area contributed by atoms with E-state index in [4.69, 9.17) is 5.73 Å². The Hall–Kier alpha value is -1.16. The van der Waals surface area contributed by atoms with Crippen LogP contribution in [0.4, 0.5) is 11.4 Å². The number of nitrogen functional groups attached to an aromatic ring is 1. The fraction of sp³-hybridized carbons (Fsp3) is 0.500. The van der Waals surface area contributed by atoms with Gasteiger partial charge in [0.15, 0.2) is 0 Å². The maximum Gasteiger partial charge on any atom is 0.225 e. The summed E-state index contributed by atoms with van der Waals surface area (Å²) >= 11 is 1.84. The van der Waals surface area contributed by atoms with Crippen LogP contribution in [0.15, 0.2) is 18.2 Å². The molecule has 0 radical (unpaired) electrons. The highest BCUT2D eigenvalue weighted by atomic mass is 32.2. The van der Waals surface area contributed by atoms with Crippen LogP contribution in [0.2, 0.25) is 0 Å². The van der Waals surface area contributed by atoms with Crippen molar-refractivity contribution in [3.8, 4) is 0 Å². The van der Waals surface area contributed by atoms with Crippen LogP contribution < -0.4 is 11.1 Å². The summed E-state index contributed by atoms with van der Waals surface area (Å²) in [5.41, 5.74) is 8.25. The second kappa shape index (κ2) is 7.31. The summed E-state index contributed by atoms with van der Waals surface area (Å²) in [5.74, 6) is 0.918. The Balaban J connectivity index is 2.43. The smallest absolute Gasteiger partial charge is 0.225 e. The Labute approximate surface area is 114 Å². The number of nitrogens with one attached hydrogen (secondary N) is 1. The normalized spacial score (nSPS) is 12.2. The van der Waals surface area contributed by atoms with Crippen molar-refractivity contribution in [1.82, 2.24) is 0 Å². The number of hydrogen-bond donors (Lipinski definition) is 2. The number of nitrogens with two attached hydrogens (primary N) is 1. The van der Waals surface area contributed by atoms with Crippen LogP contribution in [-0.2, 0) is 4.79 Å². The molecule has 0 spiro atoms. The Kier molecular flexibility index (Phi) is 6.05. The van der Waals surface area contributed by atoms with E-state index in [1.807, 2.05) is 36.9 Å². The van der Waals surface area contributed by atoms with Crippen molar-refractivity contribution in [1.29, 1.82) is 0 Å². The molecule has 0 aliphatic rings. The Morgan fingerprint density at radius 1 is 1.50 bits per heavy atom. The lowest BCUT2D eigenvalue weighted by atomic mass is 10.1. The summed E-state index contributed by atoms with van der Waals surface area (Å²) in [5, 5.41) is 3.53. The molecule has 3 nitrogen and oxygen atoms in total. The molecular weight excluding hydrogens is 244 g/mol. The van der Waals surface area contributed by atoms with E-state index >= 15 is 0 Å². The molecule has 3 N–H and O–H groups in total. The van der Waals surface area contributed by atoms with Gasteiger partial charge in [0.1, 0.15) is 0 Å². The number of thioether (sulfide) groups is 1. The van der Waals surface area contributed by atoms with Gasteiger partial charge in [0.05, 0.1) is 0 Å². The summed E-state index contributed by atoms with van der Waals surface area (Å²) in [6.45, 7) is 6.26. The average Bonchev–Trinajstić information content (AvgIpc) is 2.34. The monoisotopic (exact) mass is 266 g/mol. The first-order chi connectivity index (χ1) is 8.54. The largest absolute Gasteiger partial charge is 0.398 e. The predicted octanol–water partition coefficient (Wildman–Crippen LogP) is 3.44. The molecule has 4 heteroatoms. The number of hydrogen-bond acceptors (Lipinski definition) is 3. The SMILES string of the molecule is CCC(C)SCCC(=O)Nc1cccc(N)c1C. The van der Waals surface area contributed by atoms with Gasteiger partial charge in [0.2, 0.25) is 5.91 Å². The number of anilines is 2. The van der Waals surface area contributed by atoms with E-state index in [1.165, 1.54) is 0 Å². The van der Waals surface area contributed by atoms with Crippen LogP contribution in [0.3, 0.4) is 0 Å². The lowest BCUT2D eigenvalue weighted by Crippen LogP contribution is -2.14. The minimum absolute atomic E-state index is 0.0551. The van der Waals surface area contributed by atoms with Gasteiger partial charge in [-0.25, -0.2) is 0 Å². The third-order valence-electron chi connectivity index (χ3n) is 2.96. The highest BCUT2D eigenvalue weighted by molar-refractivity contribution is 7.99. The first kappa shape index (κ1) is 14.9. The minimum atomic E-state index is 0.0551. The first-order valence-corrected chi connectivity index (χ1v) is 7.36. The number of carbonyl (C=O) groups is 1. The van der Waals surface area contributed by atoms with E-state index in [0.29, 0.717) is 17.4 Å². The predicted molar refractivity (Wildman–Crippen MR) is 81.0 cm³/mol. The van der Waals surface area contributed by atoms with Gasteiger partial charge in [-0.15, -0.1) is 0 Å². The fourth-order valence-electron chi connectivity index (χ4n) is 1.47. The molecule has 0 bridgehead atoms. The number of carbonyl (C=O) groups excluding carboxylic acids is 1. The highest BCUT2D eigenvalue weighted by Gasteiger charge is 2.07. The van der Waals surface area contributed by atoms with E-state index < -0.39 is 0 Å². The molecule has 1 aromatic rings. The zero-order valence-corrected chi connectivity index (χ0v) is 12.1. The van der Waals surface area contributed by atoms with E-state index in [-0.39, 0.29) is 5.91 Å². The summed E-state index contributed by atoms with van der Waals surface area (Å²) < 4.78 is 0. The average molecular weight is 266 g/mol. The molecular formula is C14H22N2OS. The zero-order chi connectivity index (χ0) is 13.5. The van der Waals surface area contributed by atoms with Gasteiger partial charge in [-0.2, -0.15) is 11.8 Å². The second-order valence-corrected chi connectivity index (χ2v) is 5.95. The van der Waals surface area contributed by atoms with Gasteiger partial charge < -0.3 is 11.1 Å². The molecule has 0 saturated heterocycles. The van der Waals surface area contributed by atoms with Crippen LogP contribution in [0.25, 0.3) is 0 Å². The number of amides is 1. The molecule has 1 unspecified atom stereocenters. The van der Waals surface area contributed by atoms with Gasteiger partial charge >= 0.3 is 0 Å². The quantitative estimate of drug-likeness (QED) is 0.776. The number of rotatable bonds is 6. The summed E-state index contributed by atoms with van der Waals surface area (Å²) in [4.78, 5) is 11.8. The summed E-state index contributed by atoms with van der Waals surface area (Å²) in [7, 11) is 0. The molecule has 1 amide bonds. The van der Waals surface area contributed by atoms with Gasteiger partial charge in [-0.3, -0.25) is 4.79 Å². The lowest BCUT2D eigenvalue weighted by molar-refractivity contribution is -0.115. The molecule has 0 fully saturated rings. The lowest BCUT2D eigenvalue weighted by Gasteiger charge is -2.11. The van der Waals surface area contributed by atoms with Crippen LogP contribution in [0.1, 0.15) is 32.3 Å². The fourth-order valence-corrected chi connectivity index (χ4v) is 2.41. The van der Waals surface area contributed by atoms with Gasteiger partial charge in [0, 0.05) is 28.8 Å². The third kappa shape index (κ3) is 4.61. The standard InChI is InChI=1S/C14H22N2OS/c1-4-10(2)18-9-8-14(17)16-13-7-5-6-12(15)11(13)3/h5-7,10H,4,8-9,15H2,1-3H3,(H,16,17). The molecule has 0 aliphatic heterocycles. The molecule has 1 rings (SSSR count). The van der Waals surface area contributed by atoms with E-state index in [2.05, 4.69) is 19.2 Å². The molecule has 0 aliphatic carbocycles. The Morgan fingerprint density at radius 2 is 2.22 bits per heavy atom. The van der Waals surface area contributed by atoms with Crippen molar-refractivity contribution in [2.45, 2.75) is 38.9 Å². The maximum absolute atomic E-state index is 11.8. The first-order valence-electron chi connectivity index (χ1n) is 6.31. The molecule has 0 heterocycles. The van der Waals surface area contributed by atoms with Crippen molar-refractivity contribution in [3.05, 3.63) is 23.8 Å². The summed E-state index contributed by atoms with van der Waals surface area (Å²) in [6.07, 6.45) is 1.68. The van der Waals surface area contributed by atoms with E-state index in [0.717, 1.165) is 23.4 Å². The molecule has 1 atom stereocenters. The van der Waals surface area contributed by atoms with Crippen molar-refractivity contribution >= 4 is 29.0 Å². The van der Waals surface area contributed by atoms with Crippen LogP contribution in [0.5, 0.6) is 0 Å². The van der Waals surface area contributed by atoms with E-state index in [9.17, 15) is 4.79 Å². The van der Waals surface area contributed by atoms with E-state index in [1.54, 1.807) is 0 Å². The van der Waals surface area contributed by atoms with Gasteiger partial charge in [-0.1, -0.05) is 19.9 Å². The molecule has 0 saturated carbocycles. The third-order valence-corrected chi connectivity index (χ3v) is 4.30.